The number of aromatic nitrogens is 3. The molecule has 1 aromatic carbocycles. The van der Waals surface area contributed by atoms with Crippen molar-refractivity contribution in [3.8, 4) is 11.3 Å². The van der Waals surface area contributed by atoms with Gasteiger partial charge in [0.25, 0.3) is 0 Å². The van der Waals surface area contributed by atoms with Gasteiger partial charge < -0.3 is 14.9 Å². The van der Waals surface area contributed by atoms with Crippen molar-refractivity contribution in [1.29, 1.82) is 0 Å². The second-order valence-corrected chi connectivity index (χ2v) is 4.77. The lowest BCUT2D eigenvalue weighted by atomic mass is 10.1. The molecular weight excluding hydrogens is 268 g/mol. The first-order valence-electron chi connectivity index (χ1n) is 6.68. The minimum Gasteiger partial charge on any atom is -0.459 e. The molecule has 1 atom stereocenters. The first-order chi connectivity index (χ1) is 10.2. The van der Waals surface area contributed by atoms with Crippen LogP contribution < -0.4 is 5.43 Å². The molecule has 0 bridgehead atoms. The Balaban J connectivity index is 1.69. The molecule has 2 heterocycles. The smallest absolute Gasteiger partial charge is 0.138 e. The summed E-state index contributed by atoms with van der Waals surface area (Å²) >= 11 is 0. The highest BCUT2D eigenvalue weighted by Gasteiger charge is 2.06. The highest BCUT2D eigenvalue weighted by molar-refractivity contribution is 5.58. The standard InChI is InChI=1S/C15H16N4O2/c1-11(20)12-2-4-13(5-3-12)15-7-6-14(21-15)8-18-19-9-16-17-10-19/h2-7,9-11,18,20H,8H2,1H3/t11-/m0/s1. The molecule has 3 aromatic rings. The lowest BCUT2D eigenvalue weighted by molar-refractivity contribution is 0.199. The first kappa shape index (κ1) is 13.4. The third-order valence-electron chi connectivity index (χ3n) is 3.19. The van der Waals surface area contributed by atoms with Gasteiger partial charge in [0.15, 0.2) is 0 Å². The Morgan fingerprint density at radius 1 is 1.14 bits per heavy atom. The molecule has 21 heavy (non-hydrogen) atoms. The van der Waals surface area contributed by atoms with Gasteiger partial charge in [0, 0.05) is 5.56 Å². The maximum Gasteiger partial charge on any atom is 0.138 e. The maximum absolute atomic E-state index is 9.51. The van der Waals surface area contributed by atoms with E-state index in [0.717, 1.165) is 22.6 Å². The van der Waals surface area contributed by atoms with E-state index in [-0.39, 0.29) is 0 Å². The van der Waals surface area contributed by atoms with E-state index in [1.807, 2.05) is 36.4 Å². The number of aliphatic hydroxyl groups excluding tert-OH is 1. The predicted octanol–water partition coefficient (Wildman–Crippen LogP) is 2.34. The van der Waals surface area contributed by atoms with Gasteiger partial charge in [0.1, 0.15) is 24.2 Å². The van der Waals surface area contributed by atoms with Crippen molar-refractivity contribution in [1.82, 2.24) is 14.9 Å². The Morgan fingerprint density at radius 2 is 1.86 bits per heavy atom. The zero-order chi connectivity index (χ0) is 14.7. The predicted molar refractivity (Wildman–Crippen MR) is 77.9 cm³/mol. The van der Waals surface area contributed by atoms with Gasteiger partial charge in [-0.25, -0.2) is 4.68 Å². The van der Waals surface area contributed by atoms with E-state index in [2.05, 4.69) is 15.6 Å². The highest BCUT2D eigenvalue weighted by atomic mass is 16.3. The normalized spacial score (nSPS) is 12.3. The summed E-state index contributed by atoms with van der Waals surface area (Å²) in [7, 11) is 0. The van der Waals surface area contributed by atoms with E-state index >= 15 is 0 Å². The summed E-state index contributed by atoms with van der Waals surface area (Å²) in [5.74, 6) is 1.62. The molecule has 0 saturated heterocycles. The van der Waals surface area contributed by atoms with Crippen LogP contribution in [-0.4, -0.2) is 20.0 Å². The van der Waals surface area contributed by atoms with E-state index in [1.165, 1.54) is 0 Å². The summed E-state index contributed by atoms with van der Waals surface area (Å²) in [4.78, 5) is 0. The van der Waals surface area contributed by atoms with E-state index in [0.29, 0.717) is 6.54 Å². The highest BCUT2D eigenvalue weighted by Crippen LogP contribution is 2.24. The number of rotatable bonds is 5. The van der Waals surface area contributed by atoms with Gasteiger partial charge in [-0.1, -0.05) is 24.3 Å². The molecule has 6 nitrogen and oxygen atoms in total. The van der Waals surface area contributed by atoms with E-state index in [4.69, 9.17) is 4.42 Å². The van der Waals surface area contributed by atoms with Crippen molar-refractivity contribution in [2.75, 3.05) is 5.43 Å². The average molecular weight is 284 g/mol. The SMILES string of the molecule is C[C@H](O)c1ccc(-c2ccc(CNn3cnnc3)o2)cc1. The van der Waals surface area contributed by atoms with Crippen LogP contribution in [0.25, 0.3) is 11.3 Å². The molecule has 0 aliphatic carbocycles. The lowest BCUT2D eigenvalue weighted by Crippen LogP contribution is -2.11. The molecule has 2 aromatic heterocycles. The molecule has 0 spiro atoms. The molecular formula is C15H16N4O2. The third-order valence-corrected chi connectivity index (χ3v) is 3.19. The minimum absolute atomic E-state index is 0.459. The Morgan fingerprint density at radius 3 is 2.52 bits per heavy atom. The summed E-state index contributed by atoms with van der Waals surface area (Å²) in [6.45, 7) is 2.29. The van der Waals surface area contributed by atoms with Gasteiger partial charge in [0.2, 0.25) is 0 Å². The zero-order valence-corrected chi connectivity index (χ0v) is 11.6. The monoisotopic (exact) mass is 284 g/mol. The summed E-state index contributed by atoms with van der Waals surface area (Å²) in [5, 5.41) is 16.9. The Kier molecular flexibility index (Phi) is 3.70. The molecule has 0 fully saturated rings. The van der Waals surface area contributed by atoms with Crippen molar-refractivity contribution in [2.45, 2.75) is 19.6 Å². The van der Waals surface area contributed by atoms with Gasteiger partial charge in [-0.2, -0.15) is 0 Å². The van der Waals surface area contributed by atoms with E-state index in [9.17, 15) is 5.11 Å². The molecule has 0 saturated carbocycles. The van der Waals surface area contributed by atoms with Gasteiger partial charge in [-0.15, -0.1) is 10.2 Å². The number of furan rings is 1. The second kappa shape index (κ2) is 5.80. The van der Waals surface area contributed by atoms with Crippen LogP contribution in [0.5, 0.6) is 0 Å². The van der Waals surface area contributed by atoms with Crippen molar-refractivity contribution in [3.63, 3.8) is 0 Å². The zero-order valence-electron chi connectivity index (χ0n) is 11.6. The van der Waals surface area contributed by atoms with Crippen LogP contribution in [-0.2, 0) is 6.54 Å². The number of nitrogens with one attached hydrogen (secondary N) is 1. The Hall–Kier alpha value is -2.60. The van der Waals surface area contributed by atoms with Gasteiger partial charge in [-0.05, 0) is 24.6 Å². The van der Waals surface area contributed by atoms with Crippen LogP contribution in [0.1, 0.15) is 24.4 Å². The van der Waals surface area contributed by atoms with Crippen molar-refractivity contribution < 1.29 is 9.52 Å². The molecule has 0 amide bonds. The molecule has 0 aliphatic heterocycles. The second-order valence-electron chi connectivity index (χ2n) is 4.77. The van der Waals surface area contributed by atoms with Gasteiger partial charge in [0.05, 0.1) is 12.6 Å². The fourth-order valence-electron chi connectivity index (χ4n) is 2.01. The van der Waals surface area contributed by atoms with Crippen LogP contribution in [0.4, 0.5) is 0 Å². The maximum atomic E-state index is 9.51. The van der Waals surface area contributed by atoms with Crippen molar-refractivity contribution in [2.24, 2.45) is 0 Å². The number of benzene rings is 1. The number of aliphatic hydroxyl groups is 1. The Labute approximate surface area is 122 Å². The van der Waals surface area contributed by atoms with Crippen LogP contribution in [0.3, 0.4) is 0 Å². The van der Waals surface area contributed by atoms with Crippen LogP contribution in [0.15, 0.2) is 53.5 Å². The molecule has 0 unspecified atom stereocenters. The number of hydrogen-bond acceptors (Lipinski definition) is 5. The molecule has 0 aliphatic rings. The summed E-state index contributed by atoms with van der Waals surface area (Å²) in [6.07, 6.45) is 2.70. The fraction of sp³-hybridized carbons (Fsp3) is 0.200. The summed E-state index contributed by atoms with van der Waals surface area (Å²) < 4.78 is 7.46. The summed E-state index contributed by atoms with van der Waals surface area (Å²) in [6, 6.07) is 11.5. The molecule has 3 rings (SSSR count). The first-order valence-corrected chi connectivity index (χ1v) is 6.68. The average Bonchev–Trinajstić information content (AvgIpc) is 3.17. The molecule has 108 valence electrons. The van der Waals surface area contributed by atoms with Crippen molar-refractivity contribution >= 4 is 0 Å². The third kappa shape index (κ3) is 3.11. The number of nitrogens with zero attached hydrogens (tertiary/aromatic N) is 3. The van der Waals surface area contributed by atoms with E-state index in [1.54, 1.807) is 24.3 Å². The number of hydrogen-bond donors (Lipinski definition) is 2. The molecule has 2 N–H and O–H groups in total. The largest absolute Gasteiger partial charge is 0.459 e. The lowest BCUT2D eigenvalue weighted by Gasteiger charge is -2.05. The van der Waals surface area contributed by atoms with Crippen LogP contribution in [0, 0.1) is 0 Å². The van der Waals surface area contributed by atoms with Crippen molar-refractivity contribution in [3.05, 3.63) is 60.4 Å². The van der Waals surface area contributed by atoms with Crippen LogP contribution in [0.2, 0.25) is 0 Å². The molecule has 6 heteroatoms. The quantitative estimate of drug-likeness (QED) is 0.752. The van der Waals surface area contributed by atoms with Gasteiger partial charge >= 0.3 is 0 Å². The van der Waals surface area contributed by atoms with E-state index < -0.39 is 6.10 Å². The van der Waals surface area contributed by atoms with Gasteiger partial charge in [-0.3, -0.25) is 0 Å². The Bertz CT molecular complexity index is 687. The fourth-order valence-corrected chi connectivity index (χ4v) is 2.01. The topological polar surface area (TPSA) is 76.1 Å². The van der Waals surface area contributed by atoms with Crippen LogP contribution >= 0.6 is 0 Å². The molecule has 0 radical (unpaired) electrons. The minimum atomic E-state index is -0.459. The summed E-state index contributed by atoms with van der Waals surface area (Å²) in [5.41, 5.74) is 4.96.